The largest absolute Gasteiger partial charge is 0.252 e. The predicted octanol–water partition coefficient (Wildman–Crippen LogP) is 9.82. The van der Waals surface area contributed by atoms with Crippen LogP contribution in [0.5, 0.6) is 0 Å². The minimum absolute atomic E-state index is 0.164. The molecule has 2 aromatic heterocycles. The summed E-state index contributed by atoms with van der Waals surface area (Å²) in [7, 11) is 0. The Kier molecular flexibility index (Phi) is 7.00. The van der Waals surface area contributed by atoms with Gasteiger partial charge in [0, 0.05) is 5.56 Å². The lowest BCUT2D eigenvalue weighted by Crippen LogP contribution is -2.23. The van der Waals surface area contributed by atoms with Gasteiger partial charge in [-0.25, -0.2) is 4.98 Å². The van der Waals surface area contributed by atoms with Gasteiger partial charge in [0.2, 0.25) is 0 Å². The molecular formula is C34H36N2S. The van der Waals surface area contributed by atoms with Crippen molar-refractivity contribution in [1.29, 1.82) is 0 Å². The van der Waals surface area contributed by atoms with Gasteiger partial charge in [0.05, 0.1) is 27.0 Å². The van der Waals surface area contributed by atoms with E-state index in [2.05, 4.69) is 126 Å². The summed E-state index contributed by atoms with van der Waals surface area (Å²) in [6.45, 7) is 11.4. The molecule has 0 saturated carbocycles. The summed E-state index contributed by atoms with van der Waals surface area (Å²) in [5.74, 6) is 0. The van der Waals surface area contributed by atoms with Crippen molar-refractivity contribution in [3.63, 3.8) is 0 Å². The lowest BCUT2D eigenvalue weighted by atomic mass is 9.72. The van der Waals surface area contributed by atoms with E-state index < -0.39 is 0 Å². The third-order valence-electron chi connectivity index (χ3n) is 8.20. The van der Waals surface area contributed by atoms with Crippen LogP contribution in [-0.4, -0.2) is 9.97 Å². The third kappa shape index (κ3) is 4.73. The molecule has 188 valence electrons. The number of rotatable bonds is 8. The zero-order chi connectivity index (χ0) is 26.0. The fraction of sp³-hybridized carbons (Fsp3) is 0.294. The van der Waals surface area contributed by atoms with Gasteiger partial charge in [0.25, 0.3) is 0 Å². The molecule has 5 rings (SSSR count). The molecule has 0 atom stereocenters. The number of para-hydroxylation sites is 1. The molecule has 0 N–H and O–H groups in total. The molecule has 0 saturated heterocycles. The molecule has 0 spiro atoms. The number of pyridine rings is 1. The van der Waals surface area contributed by atoms with Crippen LogP contribution in [0.15, 0.2) is 91.0 Å². The second-order valence-electron chi connectivity index (χ2n) is 10.5. The van der Waals surface area contributed by atoms with Crippen molar-refractivity contribution in [2.75, 3.05) is 0 Å². The second-order valence-corrected chi connectivity index (χ2v) is 11.6. The summed E-state index contributed by atoms with van der Waals surface area (Å²) >= 11 is 1.76. The minimum atomic E-state index is -0.292. The smallest absolute Gasteiger partial charge is 0.105 e. The molecule has 0 amide bonds. The number of hydrogen-bond acceptors (Lipinski definition) is 3. The molecule has 37 heavy (non-hydrogen) atoms. The van der Waals surface area contributed by atoms with Crippen molar-refractivity contribution in [3.8, 4) is 22.4 Å². The Morgan fingerprint density at radius 3 is 2.03 bits per heavy atom. The second kappa shape index (κ2) is 10.2. The highest BCUT2D eigenvalue weighted by molar-refractivity contribution is 7.18. The monoisotopic (exact) mass is 504 g/mol. The number of nitrogens with zero attached hydrogens (tertiary/aromatic N) is 2. The minimum Gasteiger partial charge on any atom is -0.252 e. The van der Waals surface area contributed by atoms with Crippen molar-refractivity contribution < 1.29 is 0 Å². The van der Waals surface area contributed by atoms with Gasteiger partial charge < -0.3 is 0 Å². The van der Waals surface area contributed by atoms with Crippen molar-refractivity contribution in [2.45, 2.75) is 64.7 Å². The van der Waals surface area contributed by atoms with Gasteiger partial charge in [-0.3, -0.25) is 4.98 Å². The highest BCUT2D eigenvalue weighted by atomic mass is 32.1. The Bertz CT molecular complexity index is 1470. The van der Waals surface area contributed by atoms with Crippen molar-refractivity contribution in [2.24, 2.45) is 0 Å². The molecule has 0 aliphatic carbocycles. The Labute approximate surface area is 225 Å². The first kappa shape index (κ1) is 25.4. The Morgan fingerprint density at radius 1 is 0.649 bits per heavy atom. The van der Waals surface area contributed by atoms with Crippen LogP contribution in [0.3, 0.4) is 0 Å². The topological polar surface area (TPSA) is 25.8 Å². The fourth-order valence-corrected chi connectivity index (χ4v) is 6.51. The fourth-order valence-electron chi connectivity index (χ4n) is 5.43. The van der Waals surface area contributed by atoms with E-state index in [4.69, 9.17) is 9.97 Å². The van der Waals surface area contributed by atoms with Crippen LogP contribution >= 0.6 is 11.3 Å². The van der Waals surface area contributed by atoms with E-state index in [-0.39, 0.29) is 10.8 Å². The SMILES string of the molecule is CCC(CC)(CC)c1cc(-c2ccccc2)cc(-c2cccc(C(C)(C)c3nc4ccccc4s3)n2)c1. The Balaban J connectivity index is 1.64. The summed E-state index contributed by atoms with van der Waals surface area (Å²) in [5.41, 5.74) is 8.08. The maximum Gasteiger partial charge on any atom is 0.105 e. The van der Waals surface area contributed by atoms with E-state index in [0.717, 1.165) is 41.2 Å². The average Bonchev–Trinajstić information content (AvgIpc) is 3.40. The summed E-state index contributed by atoms with van der Waals surface area (Å²) < 4.78 is 1.22. The van der Waals surface area contributed by atoms with Gasteiger partial charge in [-0.15, -0.1) is 11.3 Å². The van der Waals surface area contributed by atoms with E-state index in [0.29, 0.717) is 0 Å². The Hall–Kier alpha value is -3.30. The molecule has 0 fully saturated rings. The number of aromatic nitrogens is 2. The predicted molar refractivity (Wildman–Crippen MR) is 159 cm³/mol. The van der Waals surface area contributed by atoms with Crippen LogP contribution in [0.4, 0.5) is 0 Å². The van der Waals surface area contributed by atoms with Gasteiger partial charge in [0.15, 0.2) is 0 Å². The molecule has 0 radical (unpaired) electrons. The first-order valence-electron chi connectivity index (χ1n) is 13.4. The van der Waals surface area contributed by atoms with Gasteiger partial charge in [-0.2, -0.15) is 0 Å². The average molecular weight is 505 g/mol. The maximum absolute atomic E-state index is 5.26. The van der Waals surface area contributed by atoms with Crippen LogP contribution in [0, 0.1) is 0 Å². The van der Waals surface area contributed by atoms with Gasteiger partial charge >= 0.3 is 0 Å². The van der Waals surface area contributed by atoms with Gasteiger partial charge in [0.1, 0.15) is 5.01 Å². The van der Waals surface area contributed by atoms with Gasteiger partial charge in [-0.1, -0.05) is 75.4 Å². The van der Waals surface area contributed by atoms with Crippen molar-refractivity contribution in [1.82, 2.24) is 9.97 Å². The first-order chi connectivity index (χ1) is 17.9. The van der Waals surface area contributed by atoms with E-state index in [1.165, 1.54) is 27.0 Å². The summed E-state index contributed by atoms with van der Waals surface area (Å²) in [5, 5.41) is 1.10. The zero-order valence-corrected chi connectivity index (χ0v) is 23.4. The molecule has 5 aromatic rings. The van der Waals surface area contributed by atoms with Crippen LogP contribution in [0.2, 0.25) is 0 Å². The summed E-state index contributed by atoms with van der Waals surface area (Å²) in [6.07, 6.45) is 3.36. The standard InChI is InChI=1S/C34H36N2S/c1-6-34(7-2,8-3)27-22-25(24-15-10-9-11-16-24)21-26(23-27)28-18-14-20-31(35-28)33(4,5)32-36-29-17-12-13-19-30(29)37-32/h9-23H,6-8H2,1-5H3. The number of hydrogen-bond donors (Lipinski definition) is 0. The van der Waals surface area contributed by atoms with E-state index in [9.17, 15) is 0 Å². The number of fused-ring (bicyclic) bond motifs is 1. The first-order valence-corrected chi connectivity index (χ1v) is 14.3. The summed E-state index contributed by atoms with van der Waals surface area (Å²) in [6, 6.07) is 32.6. The van der Waals surface area contributed by atoms with Crippen LogP contribution < -0.4 is 0 Å². The number of benzene rings is 3. The highest BCUT2D eigenvalue weighted by Gasteiger charge is 2.30. The molecule has 0 bridgehead atoms. The molecule has 0 aliphatic heterocycles. The normalized spacial score (nSPS) is 12.2. The summed E-state index contributed by atoms with van der Waals surface area (Å²) in [4.78, 5) is 10.2. The maximum atomic E-state index is 5.26. The molecule has 2 nitrogen and oxygen atoms in total. The molecule has 0 aliphatic rings. The van der Waals surface area contributed by atoms with E-state index >= 15 is 0 Å². The number of thiazole rings is 1. The third-order valence-corrected chi connectivity index (χ3v) is 9.56. The molecule has 0 unspecified atom stereocenters. The van der Waals surface area contributed by atoms with E-state index in [1.807, 2.05) is 0 Å². The zero-order valence-electron chi connectivity index (χ0n) is 22.6. The quantitative estimate of drug-likeness (QED) is 0.210. The van der Waals surface area contributed by atoms with Crippen LogP contribution in [0.25, 0.3) is 32.6 Å². The van der Waals surface area contributed by atoms with Gasteiger partial charge in [-0.05, 0) is 91.6 Å². The highest BCUT2D eigenvalue weighted by Crippen LogP contribution is 2.40. The van der Waals surface area contributed by atoms with Crippen molar-refractivity contribution in [3.05, 3.63) is 107 Å². The lowest BCUT2D eigenvalue weighted by Gasteiger charge is -2.32. The Morgan fingerprint density at radius 2 is 1.32 bits per heavy atom. The molecular weight excluding hydrogens is 468 g/mol. The van der Waals surface area contributed by atoms with Crippen molar-refractivity contribution >= 4 is 21.6 Å². The lowest BCUT2D eigenvalue weighted by molar-refractivity contribution is 0.382. The van der Waals surface area contributed by atoms with Crippen LogP contribution in [-0.2, 0) is 10.8 Å². The van der Waals surface area contributed by atoms with Crippen LogP contribution in [0.1, 0.15) is 70.1 Å². The molecule has 2 heterocycles. The molecule has 3 aromatic carbocycles. The molecule has 3 heteroatoms. The van der Waals surface area contributed by atoms with E-state index in [1.54, 1.807) is 11.3 Å².